The summed E-state index contributed by atoms with van der Waals surface area (Å²) in [6, 6.07) is 40.8. The summed E-state index contributed by atoms with van der Waals surface area (Å²) in [5.41, 5.74) is 2.43. The molecular weight excluding hydrogens is 472 g/mol. The maximum atomic E-state index is 6.70. The molecule has 0 radical (unpaired) electrons. The van der Waals surface area contributed by atoms with Gasteiger partial charge in [-0.1, -0.05) is 102 Å². The lowest BCUT2D eigenvalue weighted by Gasteiger charge is -2.13. The van der Waals surface area contributed by atoms with Crippen LogP contribution in [0, 0.1) is 0 Å². The summed E-state index contributed by atoms with van der Waals surface area (Å²) in [6.45, 7) is 0. The van der Waals surface area contributed by atoms with Gasteiger partial charge in [0, 0.05) is 21.3 Å². The second-order valence-corrected chi connectivity index (χ2v) is 11.5. The van der Waals surface area contributed by atoms with Gasteiger partial charge in [0.25, 0.3) is 0 Å². The lowest BCUT2D eigenvalue weighted by Crippen LogP contribution is -2.04. The molecular formula is C31H24ClS2+. The molecule has 0 N–H and O–H groups in total. The first-order valence-corrected chi connectivity index (χ1v) is 13.6. The van der Waals surface area contributed by atoms with Gasteiger partial charge in [-0.2, -0.15) is 0 Å². The Morgan fingerprint density at radius 2 is 1.15 bits per heavy atom. The molecule has 0 spiro atoms. The molecule has 0 bridgehead atoms. The third kappa shape index (κ3) is 5.59. The fourth-order valence-electron chi connectivity index (χ4n) is 3.84. The van der Waals surface area contributed by atoms with E-state index in [1.807, 2.05) is 6.07 Å². The van der Waals surface area contributed by atoms with Crippen molar-refractivity contribution in [2.45, 2.75) is 26.0 Å². The van der Waals surface area contributed by atoms with E-state index in [9.17, 15) is 0 Å². The maximum Gasteiger partial charge on any atom is 0.166 e. The van der Waals surface area contributed by atoms with Crippen LogP contribution < -0.4 is 0 Å². The first-order valence-electron chi connectivity index (χ1n) is 11.2. The molecule has 0 heterocycles. The van der Waals surface area contributed by atoms with E-state index in [-0.39, 0.29) is 10.9 Å². The van der Waals surface area contributed by atoms with Gasteiger partial charge >= 0.3 is 0 Å². The fraction of sp³-hybridized carbons (Fsp3) is 0.0323. The molecule has 0 fully saturated rings. The molecule has 0 saturated heterocycles. The zero-order valence-electron chi connectivity index (χ0n) is 18.6. The third-order valence-electron chi connectivity index (χ3n) is 5.47. The van der Waals surface area contributed by atoms with Crippen LogP contribution in [0.4, 0.5) is 0 Å². The van der Waals surface area contributed by atoms with Gasteiger partial charge < -0.3 is 0 Å². The first-order chi connectivity index (χ1) is 16.8. The van der Waals surface area contributed by atoms with Gasteiger partial charge in [0.2, 0.25) is 0 Å². The van der Waals surface area contributed by atoms with E-state index in [0.29, 0.717) is 0 Å². The van der Waals surface area contributed by atoms with Gasteiger partial charge in [-0.25, -0.2) is 0 Å². The average molecular weight is 496 g/mol. The number of rotatable bonds is 6. The number of hydrogen-bond acceptors (Lipinski definition) is 1. The molecule has 166 valence electrons. The van der Waals surface area contributed by atoms with E-state index in [4.69, 9.17) is 11.6 Å². The number of allylic oxidation sites excluding steroid dienone is 4. The Morgan fingerprint density at radius 1 is 0.618 bits per heavy atom. The van der Waals surface area contributed by atoms with Gasteiger partial charge in [-0.15, -0.1) is 0 Å². The molecule has 3 heteroatoms. The number of thioether (sulfide) groups is 1. The molecule has 0 unspecified atom stereocenters. The van der Waals surface area contributed by atoms with Crippen molar-refractivity contribution in [3.63, 3.8) is 0 Å². The molecule has 4 aromatic carbocycles. The predicted octanol–water partition coefficient (Wildman–Crippen LogP) is 9.37. The van der Waals surface area contributed by atoms with Crippen molar-refractivity contribution in [2.24, 2.45) is 0 Å². The second-order valence-electron chi connectivity index (χ2n) is 7.91. The standard InChI is InChI=1S/C31H24ClS2/c32-30-23-25(22-24-10-4-1-5-11-24)16-21-31(30)33-26-17-19-29(20-18-26)34(27-12-6-2-7-13-27)28-14-8-3-9-15-28/h1-22H,23H2/q+1. The fourth-order valence-corrected chi connectivity index (χ4v) is 7.10. The van der Waals surface area contributed by atoms with Crippen molar-refractivity contribution in [2.75, 3.05) is 0 Å². The maximum absolute atomic E-state index is 6.70. The highest BCUT2D eigenvalue weighted by atomic mass is 35.5. The Hall–Kier alpha value is -2.91. The second kappa shape index (κ2) is 11.0. The van der Waals surface area contributed by atoms with Gasteiger partial charge in [0.15, 0.2) is 14.7 Å². The van der Waals surface area contributed by atoms with Crippen molar-refractivity contribution in [1.29, 1.82) is 0 Å². The van der Waals surface area contributed by atoms with Crippen molar-refractivity contribution < 1.29 is 0 Å². The highest BCUT2D eigenvalue weighted by Gasteiger charge is 2.28. The Morgan fingerprint density at radius 3 is 1.71 bits per heavy atom. The Kier molecular flexibility index (Phi) is 7.40. The molecule has 1 aliphatic rings. The minimum absolute atomic E-state index is 0.130. The van der Waals surface area contributed by atoms with Gasteiger partial charge in [0.05, 0.1) is 10.9 Å². The van der Waals surface area contributed by atoms with Crippen molar-refractivity contribution in [3.05, 3.63) is 148 Å². The van der Waals surface area contributed by atoms with E-state index in [1.165, 1.54) is 30.7 Å². The summed E-state index contributed by atoms with van der Waals surface area (Å²) >= 11 is 8.43. The SMILES string of the molecule is ClC1=C(Sc2ccc([S+](c3ccccc3)c3ccccc3)cc2)C=CC(=Cc2ccccc2)C1. The quantitative estimate of drug-likeness (QED) is 0.240. The molecule has 0 atom stereocenters. The average Bonchev–Trinajstić information content (AvgIpc) is 2.89. The van der Waals surface area contributed by atoms with Crippen LogP contribution in [0.3, 0.4) is 0 Å². The summed E-state index contributed by atoms with van der Waals surface area (Å²) in [5.74, 6) is 0. The van der Waals surface area contributed by atoms with Crippen molar-refractivity contribution in [1.82, 2.24) is 0 Å². The van der Waals surface area contributed by atoms with Gasteiger partial charge in [-0.05, 0) is 65.7 Å². The van der Waals surface area contributed by atoms with Crippen LogP contribution in [-0.2, 0) is 10.9 Å². The topological polar surface area (TPSA) is 0 Å². The molecule has 1 aliphatic carbocycles. The normalized spacial score (nSPS) is 14.7. The summed E-state index contributed by atoms with van der Waals surface area (Å²) in [4.78, 5) is 6.28. The number of hydrogen-bond donors (Lipinski definition) is 0. The molecule has 0 amide bonds. The summed E-state index contributed by atoms with van der Waals surface area (Å²) in [6.07, 6.45) is 7.28. The molecule has 0 saturated carbocycles. The molecule has 5 rings (SSSR count). The highest BCUT2D eigenvalue weighted by Crippen LogP contribution is 2.39. The molecule has 0 aliphatic heterocycles. The van der Waals surface area contributed by atoms with E-state index in [1.54, 1.807) is 11.8 Å². The zero-order valence-corrected chi connectivity index (χ0v) is 21.0. The van der Waals surface area contributed by atoms with Gasteiger partial charge in [-0.3, -0.25) is 0 Å². The van der Waals surface area contributed by atoms with Crippen molar-refractivity contribution >= 4 is 40.3 Å². The van der Waals surface area contributed by atoms with Crippen molar-refractivity contribution in [3.8, 4) is 0 Å². The zero-order chi connectivity index (χ0) is 23.2. The Labute approximate surface area is 214 Å². The third-order valence-corrected chi connectivity index (χ3v) is 9.26. The largest absolute Gasteiger partial charge is 0.166 e. The highest BCUT2D eigenvalue weighted by molar-refractivity contribution is 8.03. The first kappa shape index (κ1) is 22.9. The van der Waals surface area contributed by atoms with E-state index >= 15 is 0 Å². The van der Waals surface area contributed by atoms with Crippen LogP contribution in [-0.4, -0.2) is 0 Å². The number of halogens is 1. The van der Waals surface area contributed by atoms with E-state index in [0.717, 1.165) is 16.4 Å². The van der Waals surface area contributed by atoms with Crippen LogP contribution in [0.2, 0.25) is 0 Å². The minimum Gasteiger partial charge on any atom is -0.0889 e. The smallest absolute Gasteiger partial charge is 0.0889 e. The summed E-state index contributed by atoms with van der Waals surface area (Å²) in [5, 5.41) is 0.895. The van der Waals surface area contributed by atoms with Crippen LogP contribution in [0.1, 0.15) is 12.0 Å². The minimum atomic E-state index is -0.130. The van der Waals surface area contributed by atoms with E-state index in [2.05, 4.69) is 127 Å². The lowest BCUT2D eigenvalue weighted by atomic mass is 10.0. The van der Waals surface area contributed by atoms with Crippen LogP contribution in [0.15, 0.2) is 163 Å². The molecule has 34 heavy (non-hydrogen) atoms. The molecule has 4 aromatic rings. The summed E-state index contributed by atoms with van der Waals surface area (Å²) in [7, 11) is -0.130. The van der Waals surface area contributed by atoms with Crippen LogP contribution >= 0.6 is 23.4 Å². The van der Waals surface area contributed by atoms with Crippen LogP contribution in [0.25, 0.3) is 6.08 Å². The molecule has 0 aromatic heterocycles. The van der Waals surface area contributed by atoms with Crippen LogP contribution in [0.5, 0.6) is 0 Å². The van der Waals surface area contributed by atoms with Gasteiger partial charge in [0.1, 0.15) is 0 Å². The molecule has 0 nitrogen and oxygen atoms in total. The Bertz CT molecular complexity index is 1280. The van der Waals surface area contributed by atoms with E-state index < -0.39 is 0 Å². The number of benzene rings is 4. The summed E-state index contributed by atoms with van der Waals surface area (Å²) < 4.78 is 0. The Balaban J connectivity index is 1.35. The predicted molar refractivity (Wildman–Crippen MR) is 148 cm³/mol. The lowest BCUT2D eigenvalue weighted by molar-refractivity contribution is 1.24. The monoisotopic (exact) mass is 495 g/mol.